The predicted octanol–water partition coefficient (Wildman–Crippen LogP) is 2.22. The Morgan fingerprint density at radius 1 is 1.17 bits per heavy atom. The van der Waals surface area contributed by atoms with Gasteiger partial charge >= 0.3 is 0 Å². The van der Waals surface area contributed by atoms with Gasteiger partial charge in [0.25, 0.3) is 5.91 Å². The Balaban J connectivity index is 2.08. The van der Waals surface area contributed by atoms with Crippen molar-refractivity contribution < 1.29 is 17.6 Å². The van der Waals surface area contributed by atoms with E-state index in [1.807, 2.05) is 0 Å². The van der Waals surface area contributed by atoms with Crippen molar-refractivity contribution in [3.05, 3.63) is 78.1 Å². The normalized spacial score (nSPS) is 11.0. The van der Waals surface area contributed by atoms with E-state index >= 15 is 0 Å². The maximum Gasteiger partial charge on any atom is 0.251 e. The van der Waals surface area contributed by atoms with Gasteiger partial charge in [-0.15, -0.1) is 6.58 Å². The third-order valence-electron chi connectivity index (χ3n) is 3.19. The van der Waals surface area contributed by atoms with Crippen LogP contribution in [0.5, 0.6) is 0 Å². The summed E-state index contributed by atoms with van der Waals surface area (Å²) >= 11 is 0. The molecule has 0 atom stereocenters. The van der Waals surface area contributed by atoms with Crippen molar-refractivity contribution in [3.8, 4) is 0 Å². The third-order valence-corrected chi connectivity index (χ3v) is 4.61. The van der Waals surface area contributed by atoms with Crippen molar-refractivity contribution in [2.24, 2.45) is 0 Å². The van der Waals surface area contributed by atoms with Gasteiger partial charge in [-0.05, 0) is 35.9 Å². The van der Waals surface area contributed by atoms with Crippen LogP contribution < -0.4 is 10.0 Å². The van der Waals surface area contributed by atoms with Crippen molar-refractivity contribution >= 4 is 15.9 Å². The molecule has 0 saturated heterocycles. The van der Waals surface area contributed by atoms with Crippen LogP contribution in [0.3, 0.4) is 0 Å². The number of sulfonamides is 1. The van der Waals surface area contributed by atoms with Gasteiger partial charge in [0.15, 0.2) is 0 Å². The molecule has 2 rings (SSSR count). The van der Waals surface area contributed by atoms with Crippen LogP contribution in [0.15, 0.2) is 66.1 Å². The minimum atomic E-state index is -3.69. The lowest BCUT2D eigenvalue weighted by atomic mass is 10.2. The second kappa shape index (κ2) is 7.85. The van der Waals surface area contributed by atoms with Crippen molar-refractivity contribution in [1.82, 2.24) is 10.0 Å². The summed E-state index contributed by atoms with van der Waals surface area (Å²) in [7, 11) is -3.69. The van der Waals surface area contributed by atoms with E-state index in [0.29, 0.717) is 0 Å². The molecule has 1 amide bonds. The van der Waals surface area contributed by atoms with Crippen molar-refractivity contribution in [1.29, 1.82) is 0 Å². The molecule has 126 valence electrons. The number of hydrogen-bond acceptors (Lipinski definition) is 3. The molecule has 0 aromatic heterocycles. The maximum atomic E-state index is 12.8. The third kappa shape index (κ3) is 4.74. The Labute approximate surface area is 140 Å². The van der Waals surface area contributed by atoms with E-state index in [2.05, 4.69) is 16.6 Å². The summed E-state index contributed by atoms with van der Waals surface area (Å²) in [4.78, 5) is 12.2. The first kappa shape index (κ1) is 17.8. The quantitative estimate of drug-likeness (QED) is 0.754. The Kier molecular flexibility index (Phi) is 5.83. The van der Waals surface area contributed by atoms with E-state index in [1.54, 1.807) is 12.1 Å². The van der Waals surface area contributed by atoms with Crippen LogP contribution in [0.4, 0.5) is 4.39 Å². The second-order valence-electron chi connectivity index (χ2n) is 4.98. The second-order valence-corrected chi connectivity index (χ2v) is 6.74. The Hall–Kier alpha value is -2.51. The fourth-order valence-corrected chi connectivity index (χ4v) is 2.99. The maximum absolute atomic E-state index is 12.8. The molecule has 0 fully saturated rings. The summed E-state index contributed by atoms with van der Waals surface area (Å²) in [6.07, 6.45) is 1.43. The van der Waals surface area contributed by atoms with Gasteiger partial charge in [0.1, 0.15) is 5.82 Å². The van der Waals surface area contributed by atoms with Crippen molar-refractivity contribution in [3.63, 3.8) is 0 Å². The van der Waals surface area contributed by atoms with Gasteiger partial charge in [0.05, 0.1) is 4.90 Å². The van der Waals surface area contributed by atoms with Crippen molar-refractivity contribution in [2.75, 3.05) is 6.54 Å². The average Bonchev–Trinajstić information content (AvgIpc) is 2.59. The van der Waals surface area contributed by atoms with Gasteiger partial charge < -0.3 is 5.32 Å². The smallest absolute Gasteiger partial charge is 0.251 e. The zero-order chi connectivity index (χ0) is 17.6. The van der Waals surface area contributed by atoms with Gasteiger partial charge in [0, 0.05) is 18.7 Å². The van der Waals surface area contributed by atoms with E-state index in [9.17, 15) is 17.6 Å². The molecule has 2 aromatic carbocycles. The van der Waals surface area contributed by atoms with Crippen LogP contribution in [0.25, 0.3) is 0 Å². The van der Waals surface area contributed by atoms with Gasteiger partial charge in [-0.25, -0.2) is 17.5 Å². The SMILES string of the molecule is C=CCNS(=O)(=O)c1cccc(C(=O)NCc2ccc(F)cc2)c1. The monoisotopic (exact) mass is 348 g/mol. The minimum Gasteiger partial charge on any atom is -0.348 e. The molecule has 2 aromatic rings. The van der Waals surface area contributed by atoms with Crippen molar-refractivity contribution in [2.45, 2.75) is 11.4 Å². The first-order valence-electron chi connectivity index (χ1n) is 7.15. The van der Waals surface area contributed by atoms with Gasteiger partial charge in [-0.2, -0.15) is 0 Å². The number of rotatable bonds is 7. The highest BCUT2D eigenvalue weighted by atomic mass is 32.2. The summed E-state index contributed by atoms with van der Waals surface area (Å²) in [5.41, 5.74) is 0.958. The molecule has 0 aliphatic rings. The molecule has 0 aliphatic heterocycles. The Morgan fingerprint density at radius 2 is 1.88 bits per heavy atom. The zero-order valence-electron chi connectivity index (χ0n) is 12.8. The standard InChI is InChI=1S/C17H17FN2O3S/c1-2-10-20-24(22,23)16-5-3-4-14(11-16)17(21)19-12-13-6-8-15(18)9-7-13/h2-9,11,20H,1,10,12H2,(H,19,21). The van der Waals surface area contributed by atoms with E-state index < -0.39 is 15.9 Å². The molecule has 0 spiro atoms. The van der Waals surface area contributed by atoms with Gasteiger partial charge in [0.2, 0.25) is 10.0 Å². The van der Waals surface area contributed by atoms with E-state index in [1.165, 1.54) is 42.5 Å². The van der Waals surface area contributed by atoms with Crippen LogP contribution in [-0.2, 0) is 16.6 Å². The summed E-state index contributed by atoms with van der Waals surface area (Å²) in [6, 6.07) is 11.5. The molecular formula is C17H17FN2O3S. The van der Waals surface area contributed by atoms with E-state index in [0.717, 1.165) is 5.56 Å². The number of carbonyl (C=O) groups is 1. The molecule has 0 bridgehead atoms. The lowest BCUT2D eigenvalue weighted by molar-refractivity contribution is 0.0950. The summed E-state index contributed by atoms with van der Waals surface area (Å²) in [6.45, 7) is 3.76. The zero-order valence-corrected chi connectivity index (χ0v) is 13.6. The average molecular weight is 348 g/mol. The van der Waals surface area contributed by atoms with Gasteiger partial charge in [-0.3, -0.25) is 4.79 Å². The van der Waals surface area contributed by atoms with Crippen LogP contribution in [0.2, 0.25) is 0 Å². The van der Waals surface area contributed by atoms with Crippen LogP contribution in [-0.4, -0.2) is 20.9 Å². The number of amides is 1. The molecule has 0 unspecified atom stereocenters. The number of benzene rings is 2. The van der Waals surface area contributed by atoms with E-state index in [-0.39, 0.29) is 29.4 Å². The molecule has 0 radical (unpaired) electrons. The molecule has 0 heterocycles. The lowest BCUT2D eigenvalue weighted by Crippen LogP contribution is -2.25. The van der Waals surface area contributed by atoms with E-state index in [4.69, 9.17) is 0 Å². The number of halogens is 1. The molecule has 0 saturated carbocycles. The number of hydrogen-bond donors (Lipinski definition) is 2. The summed E-state index contributed by atoms with van der Waals surface area (Å²) in [5, 5.41) is 2.66. The minimum absolute atomic E-state index is 0.00113. The summed E-state index contributed by atoms with van der Waals surface area (Å²) in [5.74, 6) is -0.768. The first-order valence-corrected chi connectivity index (χ1v) is 8.64. The molecule has 5 nitrogen and oxygen atoms in total. The summed E-state index contributed by atoms with van der Waals surface area (Å²) < 4.78 is 39.3. The number of carbonyl (C=O) groups excluding carboxylic acids is 1. The first-order chi connectivity index (χ1) is 11.4. The highest BCUT2D eigenvalue weighted by Crippen LogP contribution is 2.12. The fourth-order valence-electron chi connectivity index (χ4n) is 1.94. The molecule has 2 N–H and O–H groups in total. The Morgan fingerprint density at radius 3 is 2.54 bits per heavy atom. The van der Waals surface area contributed by atoms with Gasteiger partial charge in [-0.1, -0.05) is 24.3 Å². The molecule has 24 heavy (non-hydrogen) atoms. The van der Waals surface area contributed by atoms with Crippen LogP contribution >= 0.6 is 0 Å². The lowest BCUT2D eigenvalue weighted by Gasteiger charge is -2.08. The topological polar surface area (TPSA) is 75.3 Å². The molecule has 7 heteroatoms. The van der Waals surface area contributed by atoms with Crippen LogP contribution in [0.1, 0.15) is 15.9 Å². The predicted molar refractivity (Wildman–Crippen MR) is 89.4 cm³/mol. The molecule has 0 aliphatic carbocycles. The highest BCUT2D eigenvalue weighted by molar-refractivity contribution is 7.89. The van der Waals surface area contributed by atoms with Crippen LogP contribution in [0, 0.1) is 5.82 Å². The number of nitrogens with one attached hydrogen (secondary N) is 2. The Bertz CT molecular complexity index is 833. The highest BCUT2D eigenvalue weighted by Gasteiger charge is 2.15. The largest absolute Gasteiger partial charge is 0.348 e. The molecular weight excluding hydrogens is 331 g/mol. The fraction of sp³-hybridized carbons (Fsp3) is 0.118.